The lowest BCUT2D eigenvalue weighted by Crippen LogP contribution is -2.65. The van der Waals surface area contributed by atoms with Gasteiger partial charge in [0.2, 0.25) is 5.91 Å². The SMILES string of the molecule is CCCCCCCCCCCCCCCCCCCCCCCCC(=O)NC(COC1OC(CO)C(OC2OC(CO)C(O)C(O)C2O)C(O)C1O)C(O)CCCCCCC. The molecule has 1 amide bonds. The highest BCUT2D eigenvalue weighted by Crippen LogP contribution is 2.30. The van der Waals surface area contributed by atoms with Gasteiger partial charge in [-0.3, -0.25) is 4.79 Å². The molecule has 2 rings (SSSR count). The summed E-state index contributed by atoms with van der Waals surface area (Å²) in [4.78, 5) is 13.1. The van der Waals surface area contributed by atoms with E-state index in [0.29, 0.717) is 12.8 Å². The third kappa shape index (κ3) is 23.1. The first-order valence-corrected chi connectivity index (χ1v) is 24.8. The predicted molar refractivity (Wildman–Crippen MR) is 236 cm³/mol. The summed E-state index contributed by atoms with van der Waals surface area (Å²) in [5, 5.41) is 86.3. The third-order valence-corrected chi connectivity index (χ3v) is 12.6. The smallest absolute Gasteiger partial charge is 0.220 e. The van der Waals surface area contributed by atoms with Crippen molar-refractivity contribution in [2.24, 2.45) is 0 Å². The summed E-state index contributed by atoms with van der Waals surface area (Å²) < 4.78 is 22.6. The zero-order valence-corrected chi connectivity index (χ0v) is 38.2. The maximum Gasteiger partial charge on any atom is 0.220 e. The Morgan fingerprint density at radius 3 is 1.39 bits per heavy atom. The minimum Gasteiger partial charge on any atom is -0.394 e. The van der Waals surface area contributed by atoms with Crippen LogP contribution in [0.1, 0.15) is 200 Å². The highest BCUT2D eigenvalue weighted by Gasteiger charge is 2.51. The average molecular weight is 878 g/mol. The number of carbonyl (C=O) groups is 1. The standard InChI is InChI=1S/C47H91NO13/c1-3-5-7-9-10-11-12-13-14-15-16-17-18-19-20-21-22-23-24-25-27-29-31-39(52)48-35(36(51)30-28-26-8-6-4-2)34-58-46-44(57)42(55)45(38(33-50)60-46)61-47-43(56)41(54)40(53)37(32-49)59-47/h35-38,40-47,49-51,53-57H,3-34H2,1-2H3,(H,48,52). The van der Waals surface area contributed by atoms with Crippen LogP contribution in [0.4, 0.5) is 0 Å². The van der Waals surface area contributed by atoms with E-state index in [1.807, 2.05) is 0 Å². The lowest BCUT2D eigenvalue weighted by Gasteiger charge is -2.46. The van der Waals surface area contributed by atoms with Crippen LogP contribution in [0.2, 0.25) is 0 Å². The van der Waals surface area contributed by atoms with Crippen molar-refractivity contribution >= 4 is 5.91 Å². The van der Waals surface area contributed by atoms with Crippen LogP contribution in [0.15, 0.2) is 0 Å². The third-order valence-electron chi connectivity index (χ3n) is 12.6. The number of ether oxygens (including phenoxy) is 4. The summed E-state index contributed by atoms with van der Waals surface area (Å²) >= 11 is 0. The van der Waals surface area contributed by atoms with Crippen LogP contribution in [0.3, 0.4) is 0 Å². The lowest BCUT2D eigenvalue weighted by atomic mass is 9.97. The molecule has 2 heterocycles. The van der Waals surface area contributed by atoms with E-state index in [1.165, 1.54) is 116 Å². The van der Waals surface area contributed by atoms with E-state index in [9.17, 15) is 45.6 Å². The fraction of sp³-hybridized carbons (Fsp3) is 0.979. The maximum absolute atomic E-state index is 13.1. The van der Waals surface area contributed by atoms with E-state index in [1.54, 1.807) is 0 Å². The molecular formula is C47H91NO13. The Balaban J connectivity index is 1.68. The number of aliphatic hydroxyl groups excluding tert-OH is 8. The van der Waals surface area contributed by atoms with Gasteiger partial charge >= 0.3 is 0 Å². The van der Waals surface area contributed by atoms with Crippen LogP contribution in [-0.2, 0) is 23.7 Å². The quantitative estimate of drug-likeness (QED) is 0.0334. The number of aliphatic hydroxyl groups is 8. The largest absolute Gasteiger partial charge is 0.394 e. The molecule has 0 aromatic carbocycles. The first-order chi connectivity index (χ1) is 29.6. The second-order valence-corrected chi connectivity index (χ2v) is 18.0. The van der Waals surface area contributed by atoms with E-state index in [0.717, 1.165) is 57.8 Å². The van der Waals surface area contributed by atoms with Crippen LogP contribution in [0, 0.1) is 0 Å². The van der Waals surface area contributed by atoms with E-state index >= 15 is 0 Å². The van der Waals surface area contributed by atoms with Gasteiger partial charge in [0, 0.05) is 6.42 Å². The molecule has 2 fully saturated rings. The Morgan fingerprint density at radius 1 is 0.525 bits per heavy atom. The monoisotopic (exact) mass is 878 g/mol. The molecule has 0 spiro atoms. The maximum atomic E-state index is 13.1. The van der Waals surface area contributed by atoms with Gasteiger partial charge in [0.1, 0.15) is 48.8 Å². The second kappa shape index (κ2) is 35.3. The average Bonchev–Trinajstić information content (AvgIpc) is 3.26. The summed E-state index contributed by atoms with van der Waals surface area (Å²) in [6, 6.07) is -0.818. The van der Waals surface area contributed by atoms with Gasteiger partial charge in [0.05, 0.1) is 32.0 Å². The first-order valence-electron chi connectivity index (χ1n) is 24.8. The topological polar surface area (TPSA) is 228 Å². The summed E-state index contributed by atoms with van der Waals surface area (Å²) in [6.07, 6.45) is 17.5. The number of amides is 1. The van der Waals surface area contributed by atoms with Crippen molar-refractivity contribution in [1.82, 2.24) is 5.32 Å². The molecular weight excluding hydrogens is 787 g/mol. The molecule has 14 heteroatoms. The molecule has 12 unspecified atom stereocenters. The fourth-order valence-electron chi connectivity index (χ4n) is 8.47. The molecule has 2 aliphatic heterocycles. The lowest BCUT2D eigenvalue weighted by molar-refractivity contribution is -0.359. The molecule has 0 saturated carbocycles. The normalized spacial score (nSPS) is 27.9. The molecule has 14 nitrogen and oxygen atoms in total. The zero-order valence-electron chi connectivity index (χ0n) is 38.2. The number of carbonyl (C=O) groups excluding carboxylic acids is 1. The zero-order chi connectivity index (χ0) is 44.7. The van der Waals surface area contributed by atoms with Crippen molar-refractivity contribution < 1.29 is 64.6 Å². The summed E-state index contributed by atoms with van der Waals surface area (Å²) in [6.45, 7) is 2.76. The molecule has 61 heavy (non-hydrogen) atoms. The van der Waals surface area contributed by atoms with E-state index < -0.39 is 86.8 Å². The number of nitrogens with one attached hydrogen (secondary N) is 1. The van der Waals surface area contributed by atoms with Crippen LogP contribution < -0.4 is 5.32 Å². The molecule has 2 aliphatic rings. The van der Waals surface area contributed by atoms with Crippen LogP contribution in [0.25, 0.3) is 0 Å². The van der Waals surface area contributed by atoms with Gasteiger partial charge in [-0.2, -0.15) is 0 Å². The van der Waals surface area contributed by atoms with Gasteiger partial charge in [-0.1, -0.05) is 181 Å². The first kappa shape index (κ1) is 56.1. The van der Waals surface area contributed by atoms with Gasteiger partial charge in [0.15, 0.2) is 12.6 Å². The van der Waals surface area contributed by atoms with E-state index in [-0.39, 0.29) is 12.5 Å². The van der Waals surface area contributed by atoms with Crippen LogP contribution in [-0.4, -0.2) is 140 Å². The molecule has 2 saturated heterocycles. The summed E-state index contributed by atoms with van der Waals surface area (Å²) in [5.74, 6) is -0.210. The molecule has 12 atom stereocenters. The van der Waals surface area contributed by atoms with Gasteiger partial charge in [-0.15, -0.1) is 0 Å². The molecule has 0 bridgehead atoms. The van der Waals surface area contributed by atoms with Crippen molar-refractivity contribution in [3.05, 3.63) is 0 Å². The van der Waals surface area contributed by atoms with Gasteiger partial charge < -0.3 is 65.1 Å². The van der Waals surface area contributed by atoms with E-state index in [2.05, 4.69) is 19.2 Å². The van der Waals surface area contributed by atoms with Crippen molar-refractivity contribution in [2.75, 3.05) is 19.8 Å². The van der Waals surface area contributed by atoms with Crippen molar-refractivity contribution in [1.29, 1.82) is 0 Å². The number of rotatable bonds is 38. The highest BCUT2D eigenvalue weighted by atomic mass is 16.7. The minimum atomic E-state index is -1.78. The van der Waals surface area contributed by atoms with Crippen molar-refractivity contribution in [2.45, 2.75) is 274 Å². The number of hydrogen-bond donors (Lipinski definition) is 9. The van der Waals surface area contributed by atoms with Gasteiger partial charge in [-0.05, 0) is 12.8 Å². The fourth-order valence-corrected chi connectivity index (χ4v) is 8.47. The second-order valence-electron chi connectivity index (χ2n) is 18.0. The van der Waals surface area contributed by atoms with Crippen molar-refractivity contribution in [3.63, 3.8) is 0 Å². The summed E-state index contributed by atoms with van der Waals surface area (Å²) in [5.41, 5.74) is 0. The van der Waals surface area contributed by atoms with E-state index in [4.69, 9.17) is 18.9 Å². The molecule has 9 N–H and O–H groups in total. The molecule has 0 aliphatic carbocycles. The molecule has 0 aromatic heterocycles. The highest BCUT2D eigenvalue weighted by molar-refractivity contribution is 5.76. The number of hydrogen-bond acceptors (Lipinski definition) is 13. The molecule has 362 valence electrons. The van der Waals surface area contributed by atoms with Gasteiger partial charge in [-0.25, -0.2) is 0 Å². The number of unbranched alkanes of at least 4 members (excludes halogenated alkanes) is 25. The predicted octanol–water partition coefficient (Wildman–Crippen LogP) is 5.83. The Labute approximate surface area is 368 Å². The summed E-state index contributed by atoms with van der Waals surface area (Å²) in [7, 11) is 0. The Hall–Kier alpha value is -1.01. The van der Waals surface area contributed by atoms with Crippen molar-refractivity contribution in [3.8, 4) is 0 Å². The Kier molecular flexibility index (Phi) is 32.5. The minimum absolute atomic E-state index is 0.210. The van der Waals surface area contributed by atoms with Crippen LogP contribution in [0.5, 0.6) is 0 Å². The molecule has 0 radical (unpaired) electrons. The Bertz CT molecular complexity index is 1040. The van der Waals surface area contributed by atoms with Crippen LogP contribution >= 0.6 is 0 Å². The molecule has 0 aromatic rings. The Morgan fingerprint density at radius 2 is 0.934 bits per heavy atom. The van der Waals surface area contributed by atoms with Gasteiger partial charge in [0.25, 0.3) is 0 Å².